The molecule has 2 heterocycles. The van der Waals surface area contributed by atoms with Gasteiger partial charge in [-0.3, -0.25) is 4.79 Å². The Morgan fingerprint density at radius 3 is 2.39 bits per heavy atom. The smallest absolute Gasteiger partial charge is 0.242 e. The maximum atomic E-state index is 12.6. The molecule has 7 heteroatoms. The lowest BCUT2D eigenvalue weighted by molar-refractivity contribution is -0.121. The van der Waals surface area contributed by atoms with Gasteiger partial charge in [0.05, 0.1) is 16.9 Å². The van der Waals surface area contributed by atoms with E-state index in [1.807, 2.05) is 95.8 Å². The summed E-state index contributed by atoms with van der Waals surface area (Å²) in [6.07, 6.45) is 1.96. The molecule has 0 saturated carbocycles. The number of carbonyl (C=O) groups excluding carboxylic acids is 1. The van der Waals surface area contributed by atoms with E-state index in [9.17, 15) is 4.79 Å². The summed E-state index contributed by atoms with van der Waals surface area (Å²) in [5.41, 5.74) is 5.35. The fraction of sp³-hybridized carbons (Fsp3) is 0.0833. The Morgan fingerprint density at radius 1 is 0.871 bits per heavy atom. The molecule has 0 aliphatic carbocycles. The predicted molar refractivity (Wildman–Crippen MR) is 118 cm³/mol. The van der Waals surface area contributed by atoms with Crippen LogP contribution in [0.1, 0.15) is 5.56 Å². The Morgan fingerprint density at radius 2 is 1.58 bits per heavy atom. The van der Waals surface area contributed by atoms with Crippen molar-refractivity contribution in [1.29, 1.82) is 0 Å². The zero-order valence-corrected chi connectivity index (χ0v) is 16.7. The standard InChI is InChI=1S/C24H20N6O/c31-23(17-30-22-14-8-7-13-21(22)26-28-30)25-15-19-16-29(20-11-5-2-6-12-20)27-24(19)18-9-3-1-4-10-18/h1-14,16H,15,17H2,(H,25,31). The molecule has 5 aromatic rings. The number of nitrogens with one attached hydrogen (secondary N) is 1. The number of benzene rings is 3. The van der Waals surface area contributed by atoms with Gasteiger partial charge in [-0.25, -0.2) is 9.36 Å². The number of nitrogens with zero attached hydrogens (tertiary/aromatic N) is 5. The molecule has 0 aliphatic heterocycles. The van der Waals surface area contributed by atoms with Crippen LogP contribution in [0.15, 0.2) is 91.1 Å². The van der Waals surface area contributed by atoms with Gasteiger partial charge in [0.2, 0.25) is 5.91 Å². The highest BCUT2D eigenvalue weighted by atomic mass is 16.2. The van der Waals surface area contributed by atoms with Crippen molar-refractivity contribution in [1.82, 2.24) is 30.1 Å². The number of aromatic nitrogens is 5. The molecule has 0 saturated heterocycles. The number of hydrogen-bond acceptors (Lipinski definition) is 4. The van der Waals surface area contributed by atoms with Crippen LogP contribution < -0.4 is 5.32 Å². The van der Waals surface area contributed by atoms with E-state index in [4.69, 9.17) is 5.10 Å². The fourth-order valence-corrected chi connectivity index (χ4v) is 3.51. The Labute approximate surface area is 178 Å². The lowest BCUT2D eigenvalue weighted by atomic mass is 10.1. The zero-order valence-electron chi connectivity index (χ0n) is 16.7. The minimum atomic E-state index is -0.137. The van der Waals surface area contributed by atoms with E-state index in [2.05, 4.69) is 15.6 Å². The first-order chi connectivity index (χ1) is 15.3. The molecule has 0 spiro atoms. The van der Waals surface area contributed by atoms with Gasteiger partial charge in [-0.05, 0) is 24.3 Å². The second kappa shape index (κ2) is 8.23. The number of amides is 1. The van der Waals surface area contributed by atoms with Crippen molar-refractivity contribution in [3.8, 4) is 16.9 Å². The first kappa shape index (κ1) is 18.7. The van der Waals surface area contributed by atoms with Gasteiger partial charge in [0.25, 0.3) is 0 Å². The molecule has 5 rings (SSSR count). The lowest BCUT2D eigenvalue weighted by Gasteiger charge is -2.06. The average molecular weight is 408 g/mol. The van der Waals surface area contributed by atoms with Gasteiger partial charge >= 0.3 is 0 Å². The first-order valence-electron chi connectivity index (χ1n) is 10.0. The number of para-hydroxylation sites is 2. The Hall–Kier alpha value is -4.26. The molecule has 7 nitrogen and oxygen atoms in total. The van der Waals surface area contributed by atoms with Crippen LogP contribution in [0, 0.1) is 0 Å². The minimum absolute atomic E-state index is 0.105. The van der Waals surface area contributed by atoms with E-state index in [0.29, 0.717) is 6.54 Å². The normalized spacial score (nSPS) is 11.0. The van der Waals surface area contributed by atoms with Crippen LogP contribution in [0.2, 0.25) is 0 Å². The molecular formula is C24H20N6O. The highest BCUT2D eigenvalue weighted by Gasteiger charge is 2.14. The second-order valence-electron chi connectivity index (χ2n) is 7.16. The molecule has 2 aromatic heterocycles. The van der Waals surface area contributed by atoms with Crippen LogP contribution in [0.25, 0.3) is 28.0 Å². The Balaban J connectivity index is 1.38. The number of rotatable bonds is 6. The van der Waals surface area contributed by atoms with Gasteiger partial charge in [-0.1, -0.05) is 65.9 Å². The maximum absolute atomic E-state index is 12.6. The minimum Gasteiger partial charge on any atom is -0.350 e. The monoisotopic (exact) mass is 408 g/mol. The second-order valence-corrected chi connectivity index (χ2v) is 7.16. The van der Waals surface area contributed by atoms with Crippen molar-refractivity contribution < 1.29 is 4.79 Å². The molecule has 1 N–H and O–H groups in total. The fourth-order valence-electron chi connectivity index (χ4n) is 3.51. The molecule has 1 amide bonds. The van der Waals surface area contributed by atoms with Gasteiger partial charge in [0, 0.05) is 23.9 Å². The van der Waals surface area contributed by atoms with Gasteiger partial charge < -0.3 is 5.32 Å². The van der Waals surface area contributed by atoms with Crippen LogP contribution in [0.4, 0.5) is 0 Å². The summed E-state index contributed by atoms with van der Waals surface area (Å²) in [7, 11) is 0. The zero-order chi connectivity index (χ0) is 21.0. The van der Waals surface area contributed by atoms with Crippen LogP contribution >= 0.6 is 0 Å². The Kier molecular flexibility index (Phi) is 4.98. The molecule has 0 bridgehead atoms. The number of fused-ring (bicyclic) bond motifs is 1. The molecule has 0 radical (unpaired) electrons. The summed E-state index contributed by atoms with van der Waals surface area (Å²) >= 11 is 0. The quantitative estimate of drug-likeness (QED) is 0.466. The van der Waals surface area contributed by atoms with E-state index >= 15 is 0 Å². The summed E-state index contributed by atoms with van der Waals surface area (Å²) in [6.45, 7) is 0.469. The summed E-state index contributed by atoms with van der Waals surface area (Å²) in [6, 6.07) is 27.5. The van der Waals surface area contributed by atoms with E-state index in [1.54, 1.807) is 4.68 Å². The van der Waals surface area contributed by atoms with Gasteiger partial charge in [0.15, 0.2) is 0 Å². The third-order valence-electron chi connectivity index (χ3n) is 5.05. The van der Waals surface area contributed by atoms with Crippen molar-refractivity contribution in [2.24, 2.45) is 0 Å². The van der Waals surface area contributed by atoms with Crippen molar-refractivity contribution in [3.63, 3.8) is 0 Å². The highest BCUT2D eigenvalue weighted by Crippen LogP contribution is 2.23. The van der Waals surface area contributed by atoms with Crippen molar-refractivity contribution in [2.75, 3.05) is 0 Å². The average Bonchev–Trinajstić information content (AvgIpc) is 3.44. The molecule has 0 fully saturated rings. The molecule has 152 valence electrons. The molecular weight excluding hydrogens is 388 g/mol. The predicted octanol–water partition coefficient (Wildman–Crippen LogP) is 3.60. The topological polar surface area (TPSA) is 77.6 Å². The summed E-state index contributed by atoms with van der Waals surface area (Å²) in [5, 5.41) is 16.0. The summed E-state index contributed by atoms with van der Waals surface area (Å²) in [4.78, 5) is 12.6. The van der Waals surface area contributed by atoms with Gasteiger partial charge in [-0.15, -0.1) is 5.10 Å². The number of hydrogen-bond donors (Lipinski definition) is 1. The third kappa shape index (κ3) is 3.93. The molecule has 0 aliphatic rings. The maximum Gasteiger partial charge on any atom is 0.242 e. The van der Waals surface area contributed by atoms with E-state index in [-0.39, 0.29) is 12.5 Å². The van der Waals surface area contributed by atoms with E-state index in [1.165, 1.54) is 0 Å². The van der Waals surface area contributed by atoms with E-state index < -0.39 is 0 Å². The third-order valence-corrected chi connectivity index (χ3v) is 5.05. The van der Waals surface area contributed by atoms with Crippen LogP contribution in [-0.2, 0) is 17.9 Å². The summed E-state index contributed by atoms with van der Waals surface area (Å²) < 4.78 is 3.45. The van der Waals surface area contributed by atoms with Crippen molar-refractivity contribution in [2.45, 2.75) is 13.1 Å². The lowest BCUT2D eigenvalue weighted by Crippen LogP contribution is -2.27. The van der Waals surface area contributed by atoms with Crippen LogP contribution in [-0.4, -0.2) is 30.7 Å². The van der Waals surface area contributed by atoms with E-state index in [0.717, 1.165) is 33.5 Å². The first-order valence-corrected chi connectivity index (χ1v) is 10.0. The van der Waals surface area contributed by atoms with Gasteiger partial charge in [-0.2, -0.15) is 5.10 Å². The Bertz CT molecular complexity index is 1320. The molecule has 0 unspecified atom stereocenters. The van der Waals surface area contributed by atoms with Crippen LogP contribution in [0.5, 0.6) is 0 Å². The molecule has 31 heavy (non-hydrogen) atoms. The SMILES string of the molecule is O=C(Cn1nnc2ccccc21)NCc1cn(-c2ccccc2)nc1-c1ccccc1. The highest BCUT2D eigenvalue weighted by molar-refractivity contribution is 5.80. The molecule has 3 aromatic carbocycles. The molecule has 0 atom stereocenters. The van der Waals surface area contributed by atoms with Crippen molar-refractivity contribution in [3.05, 3.63) is 96.7 Å². The largest absolute Gasteiger partial charge is 0.350 e. The summed E-state index contributed by atoms with van der Waals surface area (Å²) in [5.74, 6) is -0.137. The van der Waals surface area contributed by atoms with Gasteiger partial charge in [0.1, 0.15) is 12.1 Å². The van der Waals surface area contributed by atoms with Crippen LogP contribution in [0.3, 0.4) is 0 Å². The van der Waals surface area contributed by atoms with Crippen molar-refractivity contribution >= 4 is 16.9 Å². The number of carbonyl (C=O) groups is 1.